The van der Waals surface area contributed by atoms with Crippen molar-refractivity contribution in [3.8, 4) is 6.07 Å². The molecule has 0 aliphatic carbocycles. The number of thioether (sulfide) groups is 3. The summed E-state index contributed by atoms with van der Waals surface area (Å²) in [5.41, 5.74) is 0. The maximum atomic E-state index is 12.5. The van der Waals surface area contributed by atoms with E-state index >= 15 is 0 Å². The molecule has 0 spiro atoms. The molecule has 3 nitrogen and oxygen atoms in total. The van der Waals surface area contributed by atoms with Crippen molar-refractivity contribution in [2.24, 2.45) is 0 Å². The lowest BCUT2D eigenvalue weighted by atomic mass is 10.1. The van der Waals surface area contributed by atoms with Gasteiger partial charge in [-0.15, -0.1) is 23.5 Å². The molecular formula is C11H16N2OS3. The van der Waals surface area contributed by atoms with Gasteiger partial charge in [0.05, 0.1) is 4.58 Å². The van der Waals surface area contributed by atoms with Crippen molar-refractivity contribution < 1.29 is 4.79 Å². The van der Waals surface area contributed by atoms with Gasteiger partial charge in [-0.3, -0.25) is 4.79 Å². The van der Waals surface area contributed by atoms with Gasteiger partial charge in [0.15, 0.2) is 0 Å². The highest BCUT2D eigenvalue weighted by atomic mass is 32.2. The van der Waals surface area contributed by atoms with Gasteiger partial charge in [-0.25, -0.2) is 0 Å². The molecule has 0 aromatic heterocycles. The van der Waals surface area contributed by atoms with Crippen LogP contribution in [0.4, 0.5) is 0 Å². The highest BCUT2D eigenvalue weighted by molar-refractivity contribution is 8.29. The molecule has 2 heterocycles. The minimum Gasteiger partial charge on any atom is -0.340 e. The zero-order valence-electron chi connectivity index (χ0n) is 9.85. The SMILES string of the molecule is CSC1CSC(C#N)(C(=O)N2CCCCC2)S1. The summed E-state index contributed by atoms with van der Waals surface area (Å²) in [5.74, 6) is 0.921. The molecule has 17 heavy (non-hydrogen) atoms. The smallest absolute Gasteiger partial charge is 0.263 e. The third-order valence-electron chi connectivity index (χ3n) is 3.05. The first-order valence-corrected chi connectivity index (χ1v) is 8.92. The summed E-state index contributed by atoms with van der Waals surface area (Å²) in [6, 6.07) is 2.26. The molecule has 2 atom stereocenters. The maximum Gasteiger partial charge on any atom is 0.263 e. The zero-order chi connectivity index (χ0) is 12.3. The van der Waals surface area contributed by atoms with Gasteiger partial charge in [0.1, 0.15) is 6.07 Å². The number of amides is 1. The highest BCUT2D eigenvalue weighted by Gasteiger charge is 2.49. The number of hydrogen-bond acceptors (Lipinski definition) is 5. The van der Waals surface area contributed by atoms with Crippen LogP contribution in [0.15, 0.2) is 0 Å². The van der Waals surface area contributed by atoms with Gasteiger partial charge in [0, 0.05) is 18.8 Å². The Morgan fingerprint density at radius 1 is 1.47 bits per heavy atom. The van der Waals surface area contributed by atoms with Gasteiger partial charge in [-0.1, -0.05) is 0 Å². The fourth-order valence-corrected chi connectivity index (χ4v) is 6.47. The van der Waals surface area contributed by atoms with Crippen LogP contribution in [0, 0.1) is 11.3 Å². The fraction of sp³-hybridized carbons (Fsp3) is 0.818. The Morgan fingerprint density at radius 3 is 2.71 bits per heavy atom. The predicted molar refractivity (Wildman–Crippen MR) is 76.1 cm³/mol. The minimum absolute atomic E-state index is 0.0336. The molecule has 94 valence electrons. The van der Waals surface area contributed by atoms with Gasteiger partial charge < -0.3 is 4.90 Å². The molecule has 1 amide bonds. The van der Waals surface area contributed by atoms with Crippen LogP contribution >= 0.6 is 35.3 Å². The van der Waals surface area contributed by atoms with Crippen molar-refractivity contribution in [3.63, 3.8) is 0 Å². The number of hydrogen-bond donors (Lipinski definition) is 0. The molecule has 2 fully saturated rings. The Morgan fingerprint density at radius 2 is 2.18 bits per heavy atom. The molecule has 2 saturated heterocycles. The van der Waals surface area contributed by atoms with Crippen molar-refractivity contribution in [2.45, 2.75) is 27.9 Å². The number of likely N-dealkylation sites (tertiary alicyclic amines) is 1. The lowest BCUT2D eigenvalue weighted by Gasteiger charge is -2.31. The van der Waals surface area contributed by atoms with Gasteiger partial charge in [-0.05, 0) is 25.5 Å². The molecule has 0 aromatic rings. The molecule has 0 radical (unpaired) electrons. The van der Waals surface area contributed by atoms with Crippen molar-refractivity contribution in [3.05, 3.63) is 0 Å². The second-order valence-electron chi connectivity index (χ2n) is 4.18. The summed E-state index contributed by atoms with van der Waals surface area (Å²) in [5, 5.41) is 9.38. The zero-order valence-corrected chi connectivity index (χ0v) is 12.3. The lowest BCUT2D eigenvalue weighted by Crippen LogP contribution is -2.45. The molecule has 0 bridgehead atoms. The average Bonchev–Trinajstić information content (AvgIpc) is 2.84. The van der Waals surface area contributed by atoms with E-state index < -0.39 is 4.08 Å². The first-order chi connectivity index (χ1) is 8.22. The van der Waals surface area contributed by atoms with E-state index in [1.807, 2.05) is 11.2 Å². The summed E-state index contributed by atoms with van der Waals surface area (Å²) in [6.07, 6.45) is 5.40. The summed E-state index contributed by atoms with van der Waals surface area (Å²) in [7, 11) is 0. The normalized spacial score (nSPS) is 33.4. The van der Waals surface area contributed by atoms with Gasteiger partial charge in [-0.2, -0.15) is 17.0 Å². The molecule has 6 heteroatoms. The van der Waals surface area contributed by atoms with Crippen LogP contribution in [-0.4, -0.2) is 44.6 Å². The van der Waals surface area contributed by atoms with Crippen LogP contribution in [0.2, 0.25) is 0 Å². The van der Waals surface area contributed by atoms with Crippen molar-refractivity contribution >= 4 is 41.2 Å². The van der Waals surface area contributed by atoms with E-state index in [1.54, 1.807) is 11.8 Å². The molecular weight excluding hydrogens is 272 g/mol. The second-order valence-corrected chi connectivity index (χ2v) is 8.42. The van der Waals surface area contributed by atoms with E-state index in [0.717, 1.165) is 31.7 Å². The van der Waals surface area contributed by atoms with Crippen LogP contribution in [0.1, 0.15) is 19.3 Å². The van der Waals surface area contributed by atoms with Crippen molar-refractivity contribution in [1.82, 2.24) is 4.90 Å². The van der Waals surface area contributed by atoms with Crippen molar-refractivity contribution in [2.75, 3.05) is 25.1 Å². The lowest BCUT2D eigenvalue weighted by molar-refractivity contribution is -0.131. The van der Waals surface area contributed by atoms with Crippen LogP contribution in [0.25, 0.3) is 0 Å². The fourth-order valence-electron chi connectivity index (χ4n) is 2.08. The quantitative estimate of drug-likeness (QED) is 0.780. The van der Waals surface area contributed by atoms with Crippen LogP contribution in [0.5, 0.6) is 0 Å². The summed E-state index contributed by atoms with van der Waals surface area (Å²) >= 11 is 4.78. The standard InChI is InChI=1S/C11H16N2OS3/c1-15-9-7-16-11(8-12,17-9)10(14)13-5-3-2-4-6-13/h9H,2-7H2,1H3. The molecule has 0 saturated carbocycles. The molecule has 0 aromatic carbocycles. The number of nitriles is 1. The summed E-state index contributed by atoms with van der Waals surface area (Å²) < 4.78 is -0.501. The Bertz CT molecular complexity index is 338. The topological polar surface area (TPSA) is 44.1 Å². The second kappa shape index (κ2) is 5.77. The summed E-state index contributed by atoms with van der Waals surface area (Å²) in [6.45, 7) is 1.65. The number of piperidine rings is 1. The van der Waals surface area contributed by atoms with E-state index in [2.05, 4.69) is 6.07 Å². The molecule has 2 aliphatic heterocycles. The van der Waals surface area contributed by atoms with Crippen molar-refractivity contribution in [1.29, 1.82) is 5.26 Å². The van der Waals surface area contributed by atoms with Crippen LogP contribution in [-0.2, 0) is 4.79 Å². The van der Waals surface area contributed by atoms with Crippen LogP contribution < -0.4 is 0 Å². The molecule has 2 rings (SSSR count). The van der Waals surface area contributed by atoms with E-state index in [4.69, 9.17) is 0 Å². The maximum absolute atomic E-state index is 12.5. The van der Waals surface area contributed by atoms with Crippen LogP contribution in [0.3, 0.4) is 0 Å². The van der Waals surface area contributed by atoms with Gasteiger partial charge >= 0.3 is 0 Å². The number of carbonyl (C=O) groups excluding carboxylic acids is 1. The monoisotopic (exact) mass is 288 g/mol. The number of rotatable bonds is 2. The van der Waals surface area contributed by atoms with Gasteiger partial charge in [0.25, 0.3) is 5.91 Å². The Labute approximate surface area is 115 Å². The first kappa shape index (κ1) is 13.4. The predicted octanol–water partition coefficient (Wildman–Crippen LogP) is 2.39. The van der Waals surface area contributed by atoms with E-state index in [9.17, 15) is 10.1 Å². The third-order valence-corrected chi connectivity index (χ3v) is 7.88. The minimum atomic E-state index is -0.870. The van der Waals surface area contributed by atoms with E-state index in [1.165, 1.54) is 29.9 Å². The molecule has 0 N–H and O–H groups in total. The highest BCUT2D eigenvalue weighted by Crippen LogP contribution is 2.51. The van der Waals surface area contributed by atoms with E-state index in [0.29, 0.717) is 4.58 Å². The Kier molecular flexibility index (Phi) is 4.56. The number of nitrogens with zero attached hydrogens (tertiary/aromatic N) is 2. The van der Waals surface area contributed by atoms with E-state index in [-0.39, 0.29) is 5.91 Å². The third kappa shape index (κ3) is 2.72. The Balaban J connectivity index is 2.08. The Hall–Kier alpha value is 0.01000. The number of carbonyl (C=O) groups is 1. The largest absolute Gasteiger partial charge is 0.340 e. The average molecular weight is 288 g/mol. The molecule has 2 aliphatic rings. The molecule has 2 unspecified atom stereocenters. The summed E-state index contributed by atoms with van der Waals surface area (Å²) in [4.78, 5) is 14.4. The van der Waals surface area contributed by atoms with Gasteiger partial charge in [0.2, 0.25) is 4.08 Å². The first-order valence-electron chi connectivity index (χ1n) is 5.77.